The van der Waals surface area contributed by atoms with Crippen LogP contribution in [0.4, 0.5) is 4.39 Å². The molecule has 100 valence electrons. The lowest BCUT2D eigenvalue weighted by Crippen LogP contribution is -2.41. The first-order valence-corrected chi connectivity index (χ1v) is 7.94. The SMILES string of the molecule is CCNC(Cc1ccc(F)cc1)C1CCCCS1. The predicted molar refractivity (Wildman–Crippen MR) is 77.7 cm³/mol. The van der Waals surface area contributed by atoms with Crippen molar-refractivity contribution in [2.75, 3.05) is 12.3 Å². The Hall–Kier alpha value is -0.540. The quantitative estimate of drug-likeness (QED) is 0.874. The number of nitrogens with one attached hydrogen (secondary N) is 1. The van der Waals surface area contributed by atoms with Gasteiger partial charge in [0.15, 0.2) is 0 Å². The van der Waals surface area contributed by atoms with Gasteiger partial charge in [-0.05, 0) is 49.3 Å². The molecule has 0 aliphatic carbocycles. The second-order valence-corrected chi connectivity index (χ2v) is 6.25. The van der Waals surface area contributed by atoms with Gasteiger partial charge < -0.3 is 5.32 Å². The summed E-state index contributed by atoms with van der Waals surface area (Å²) in [4.78, 5) is 0. The summed E-state index contributed by atoms with van der Waals surface area (Å²) in [6.45, 7) is 3.16. The number of hydrogen-bond donors (Lipinski definition) is 1. The van der Waals surface area contributed by atoms with Gasteiger partial charge in [-0.1, -0.05) is 25.5 Å². The topological polar surface area (TPSA) is 12.0 Å². The Morgan fingerprint density at radius 1 is 1.33 bits per heavy atom. The van der Waals surface area contributed by atoms with Crippen LogP contribution < -0.4 is 5.32 Å². The third kappa shape index (κ3) is 3.99. The number of hydrogen-bond acceptors (Lipinski definition) is 2. The summed E-state index contributed by atoms with van der Waals surface area (Å²) in [6, 6.07) is 7.46. The summed E-state index contributed by atoms with van der Waals surface area (Å²) in [5, 5.41) is 4.31. The van der Waals surface area contributed by atoms with Crippen molar-refractivity contribution in [3.63, 3.8) is 0 Å². The van der Waals surface area contributed by atoms with Crippen LogP contribution in [-0.4, -0.2) is 23.6 Å². The van der Waals surface area contributed by atoms with E-state index in [9.17, 15) is 4.39 Å². The van der Waals surface area contributed by atoms with Crippen LogP contribution in [0.5, 0.6) is 0 Å². The molecular weight excluding hydrogens is 245 g/mol. The van der Waals surface area contributed by atoms with Crippen molar-refractivity contribution < 1.29 is 4.39 Å². The summed E-state index contributed by atoms with van der Waals surface area (Å²) in [7, 11) is 0. The number of thioether (sulfide) groups is 1. The first kappa shape index (κ1) is 13.9. The predicted octanol–water partition coefficient (Wildman–Crippen LogP) is 3.63. The molecule has 1 aliphatic heterocycles. The lowest BCUT2D eigenvalue weighted by Gasteiger charge is -2.30. The molecule has 1 heterocycles. The average molecular weight is 267 g/mol. The zero-order chi connectivity index (χ0) is 12.8. The highest BCUT2D eigenvalue weighted by molar-refractivity contribution is 8.00. The fraction of sp³-hybridized carbons (Fsp3) is 0.600. The van der Waals surface area contributed by atoms with Gasteiger partial charge in [0.25, 0.3) is 0 Å². The van der Waals surface area contributed by atoms with Gasteiger partial charge in [-0.2, -0.15) is 11.8 Å². The second-order valence-electron chi connectivity index (χ2n) is 4.90. The minimum absolute atomic E-state index is 0.147. The largest absolute Gasteiger partial charge is 0.313 e. The normalized spacial score (nSPS) is 21.8. The van der Waals surface area contributed by atoms with E-state index in [0.717, 1.165) is 13.0 Å². The van der Waals surface area contributed by atoms with E-state index in [-0.39, 0.29) is 5.82 Å². The zero-order valence-corrected chi connectivity index (χ0v) is 11.8. The highest BCUT2D eigenvalue weighted by Crippen LogP contribution is 2.29. The highest BCUT2D eigenvalue weighted by atomic mass is 32.2. The molecule has 0 bridgehead atoms. The molecule has 1 aliphatic rings. The number of benzene rings is 1. The second kappa shape index (κ2) is 7.15. The molecule has 1 aromatic rings. The van der Waals surface area contributed by atoms with E-state index in [1.807, 2.05) is 12.1 Å². The fourth-order valence-corrected chi connectivity index (χ4v) is 3.99. The molecule has 2 unspecified atom stereocenters. The fourth-order valence-electron chi connectivity index (χ4n) is 2.55. The average Bonchev–Trinajstić information content (AvgIpc) is 2.42. The summed E-state index contributed by atoms with van der Waals surface area (Å²) >= 11 is 2.10. The Bertz CT molecular complexity index is 346. The van der Waals surface area contributed by atoms with Crippen molar-refractivity contribution in [3.8, 4) is 0 Å². The van der Waals surface area contributed by atoms with Crippen molar-refractivity contribution in [2.45, 2.75) is 43.9 Å². The molecule has 0 spiro atoms. The van der Waals surface area contributed by atoms with Gasteiger partial charge in [0.05, 0.1) is 0 Å². The maximum absolute atomic E-state index is 12.9. The molecule has 1 saturated heterocycles. The highest BCUT2D eigenvalue weighted by Gasteiger charge is 2.23. The van der Waals surface area contributed by atoms with Crippen molar-refractivity contribution in [1.29, 1.82) is 0 Å². The van der Waals surface area contributed by atoms with Gasteiger partial charge >= 0.3 is 0 Å². The molecule has 2 rings (SSSR count). The summed E-state index contributed by atoms with van der Waals surface area (Å²) < 4.78 is 12.9. The Labute approximate surface area is 114 Å². The first-order valence-electron chi connectivity index (χ1n) is 6.89. The maximum Gasteiger partial charge on any atom is 0.123 e. The number of halogens is 1. The Morgan fingerprint density at radius 3 is 2.72 bits per heavy atom. The first-order chi connectivity index (χ1) is 8.79. The Morgan fingerprint density at radius 2 is 2.11 bits per heavy atom. The number of rotatable bonds is 5. The molecule has 1 N–H and O–H groups in total. The van der Waals surface area contributed by atoms with Crippen LogP contribution in [0.1, 0.15) is 31.7 Å². The molecule has 1 nitrogen and oxygen atoms in total. The van der Waals surface area contributed by atoms with Crippen LogP contribution in [0.25, 0.3) is 0 Å². The van der Waals surface area contributed by atoms with E-state index in [2.05, 4.69) is 24.0 Å². The number of likely N-dealkylation sites (N-methyl/N-ethyl adjacent to an activating group) is 1. The van der Waals surface area contributed by atoms with Gasteiger partial charge in [0, 0.05) is 11.3 Å². The lowest BCUT2D eigenvalue weighted by molar-refractivity contribution is 0.471. The smallest absolute Gasteiger partial charge is 0.123 e. The molecule has 0 amide bonds. The Kier molecular flexibility index (Phi) is 5.51. The van der Waals surface area contributed by atoms with E-state index in [1.54, 1.807) is 12.1 Å². The summed E-state index contributed by atoms with van der Waals surface area (Å²) in [5.41, 5.74) is 1.23. The molecule has 3 heteroatoms. The minimum Gasteiger partial charge on any atom is -0.313 e. The standard InChI is InChI=1S/C15H22FNS/c1-2-17-14(15-5-3-4-10-18-15)11-12-6-8-13(16)9-7-12/h6-9,14-15,17H,2-5,10-11H2,1H3. The summed E-state index contributed by atoms with van der Waals surface area (Å²) in [5.74, 6) is 1.14. The summed E-state index contributed by atoms with van der Waals surface area (Å²) in [6.07, 6.45) is 5.02. The van der Waals surface area contributed by atoms with Crippen LogP contribution in [0, 0.1) is 5.82 Å². The lowest BCUT2D eigenvalue weighted by atomic mass is 9.99. The van der Waals surface area contributed by atoms with E-state index in [4.69, 9.17) is 0 Å². The molecular formula is C15H22FNS. The maximum atomic E-state index is 12.9. The zero-order valence-electron chi connectivity index (χ0n) is 11.0. The molecule has 1 aromatic carbocycles. The van der Waals surface area contributed by atoms with Crippen LogP contribution in [0.15, 0.2) is 24.3 Å². The van der Waals surface area contributed by atoms with Crippen molar-refractivity contribution in [1.82, 2.24) is 5.32 Å². The third-order valence-corrected chi connectivity index (χ3v) is 5.02. The van der Waals surface area contributed by atoms with Crippen molar-refractivity contribution >= 4 is 11.8 Å². The van der Waals surface area contributed by atoms with Crippen LogP contribution in [0.3, 0.4) is 0 Å². The van der Waals surface area contributed by atoms with E-state index in [1.165, 1.54) is 30.6 Å². The van der Waals surface area contributed by atoms with Gasteiger partial charge in [0.1, 0.15) is 5.82 Å². The Balaban J connectivity index is 1.98. The van der Waals surface area contributed by atoms with Crippen LogP contribution >= 0.6 is 11.8 Å². The van der Waals surface area contributed by atoms with Gasteiger partial charge in [-0.25, -0.2) is 4.39 Å². The van der Waals surface area contributed by atoms with Crippen molar-refractivity contribution in [2.24, 2.45) is 0 Å². The molecule has 0 saturated carbocycles. The van der Waals surface area contributed by atoms with Gasteiger partial charge in [-0.15, -0.1) is 0 Å². The monoisotopic (exact) mass is 267 g/mol. The third-order valence-electron chi connectivity index (χ3n) is 3.50. The van der Waals surface area contributed by atoms with E-state index in [0.29, 0.717) is 11.3 Å². The molecule has 18 heavy (non-hydrogen) atoms. The van der Waals surface area contributed by atoms with Crippen molar-refractivity contribution in [3.05, 3.63) is 35.6 Å². The van der Waals surface area contributed by atoms with Crippen LogP contribution in [0.2, 0.25) is 0 Å². The van der Waals surface area contributed by atoms with Gasteiger partial charge in [0.2, 0.25) is 0 Å². The van der Waals surface area contributed by atoms with Crippen LogP contribution in [-0.2, 0) is 6.42 Å². The molecule has 2 atom stereocenters. The van der Waals surface area contributed by atoms with E-state index < -0.39 is 0 Å². The van der Waals surface area contributed by atoms with Gasteiger partial charge in [-0.3, -0.25) is 0 Å². The molecule has 0 radical (unpaired) electrons. The molecule has 0 aromatic heterocycles. The molecule has 1 fully saturated rings. The minimum atomic E-state index is -0.147. The van der Waals surface area contributed by atoms with E-state index >= 15 is 0 Å².